The van der Waals surface area contributed by atoms with E-state index in [2.05, 4.69) is 36.4 Å². The van der Waals surface area contributed by atoms with E-state index < -0.39 is 9.84 Å². The van der Waals surface area contributed by atoms with Crippen molar-refractivity contribution in [1.29, 1.82) is 0 Å². The third-order valence-corrected chi connectivity index (χ3v) is 7.64. The van der Waals surface area contributed by atoms with E-state index in [4.69, 9.17) is 0 Å². The molecule has 0 fully saturated rings. The van der Waals surface area contributed by atoms with Crippen LogP contribution < -0.4 is 0 Å². The molecule has 0 N–H and O–H groups in total. The van der Waals surface area contributed by atoms with Crippen LogP contribution in [0, 0.1) is 0 Å². The fourth-order valence-corrected chi connectivity index (χ4v) is 6.40. The lowest BCUT2D eigenvalue weighted by Gasteiger charge is -2.07. The average Bonchev–Trinajstić information content (AvgIpc) is 3.18. The number of fused-ring (bicyclic) bond motifs is 2. The van der Waals surface area contributed by atoms with E-state index in [1.54, 1.807) is 11.3 Å². The smallest absolute Gasteiger partial charge is 0.176 e. The van der Waals surface area contributed by atoms with E-state index in [1.807, 2.05) is 54.6 Å². The molecule has 0 amide bonds. The second-order valence-corrected chi connectivity index (χ2v) is 10.2. The van der Waals surface area contributed by atoms with Crippen molar-refractivity contribution in [1.82, 2.24) is 0 Å². The molecule has 0 atom stereocenters. The van der Waals surface area contributed by atoms with E-state index in [-0.39, 0.29) is 0 Å². The van der Waals surface area contributed by atoms with E-state index in [9.17, 15) is 8.42 Å². The van der Waals surface area contributed by atoms with Crippen LogP contribution in [-0.2, 0) is 9.84 Å². The van der Waals surface area contributed by atoms with Crippen molar-refractivity contribution in [3.8, 4) is 20.9 Å². The van der Waals surface area contributed by atoms with Gasteiger partial charge in [-0.15, -0.1) is 11.3 Å². The van der Waals surface area contributed by atoms with E-state index in [1.165, 1.54) is 6.26 Å². The zero-order chi connectivity index (χ0) is 20.0. The molecule has 0 spiro atoms. The highest BCUT2D eigenvalue weighted by Gasteiger charge is 2.21. The molecule has 0 aliphatic rings. The first-order valence-corrected chi connectivity index (χ1v) is 12.0. The van der Waals surface area contributed by atoms with Crippen LogP contribution in [0.5, 0.6) is 0 Å². The van der Waals surface area contributed by atoms with Gasteiger partial charge in [-0.3, -0.25) is 0 Å². The zero-order valence-electron chi connectivity index (χ0n) is 15.8. The molecule has 5 aromatic rings. The highest BCUT2D eigenvalue weighted by atomic mass is 32.2. The molecule has 5 rings (SSSR count). The maximum atomic E-state index is 12.7. The molecular formula is C25H18O2S2. The number of hydrogen-bond donors (Lipinski definition) is 0. The summed E-state index contributed by atoms with van der Waals surface area (Å²) in [6.07, 6.45) is 1.29. The Bertz CT molecular complexity index is 1470. The van der Waals surface area contributed by atoms with Crippen LogP contribution in [0.15, 0.2) is 95.9 Å². The fraction of sp³-hybridized carbons (Fsp3) is 0.0400. The van der Waals surface area contributed by atoms with Crippen LogP contribution in [0.3, 0.4) is 0 Å². The Hall–Kier alpha value is -2.95. The zero-order valence-corrected chi connectivity index (χ0v) is 17.4. The Kier molecular flexibility index (Phi) is 4.26. The average molecular weight is 415 g/mol. The van der Waals surface area contributed by atoms with Gasteiger partial charge in [-0.05, 0) is 33.2 Å². The van der Waals surface area contributed by atoms with Gasteiger partial charge in [-0.2, -0.15) is 0 Å². The van der Waals surface area contributed by atoms with Crippen LogP contribution in [0.1, 0.15) is 0 Å². The number of thiophene rings is 1. The van der Waals surface area contributed by atoms with Crippen LogP contribution in [0.4, 0.5) is 0 Å². The Morgan fingerprint density at radius 2 is 1.17 bits per heavy atom. The molecule has 0 aliphatic carbocycles. The molecule has 142 valence electrons. The molecule has 0 bridgehead atoms. The third kappa shape index (κ3) is 3.15. The van der Waals surface area contributed by atoms with E-state index in [0.717, 1.165) is 42.4 Å². The first kappa shape index (κ1) is 18.1. The van der Waals surface area contributed by atoms with Gasteiger partial charge >= 0.3 is 0 Å². The van der Waals surface area contributed by atoms with Gasteiger partial charge in [0, 0.05) is 16.7 Å². The summed E-state index contributed by atoms with van der Waals surface area (Å²) in [7, 11) is -3.38. The van der Waals surface area contributed by atoms with Gasteiger partial charge in [-0.25, -0.2) is 8.42 Å². The summed E-state index contributed by atoms with van der Waals surface area (Å²) in [5, 5.41) is 4.43. The van der Waals surface area contributed by atoms with Gasteiger partial charge < -0.3 is 0 Å². The van der Waals surface area contributed by atoms with Crippen molar-refractivity contribution in [2.45, 2.75) is 4.90 Å². The largest absolute Gasteiger partial charge is 0.224 e. The molecule has 0 aliphatic heterocycles. The minimum Gasteiger partial charge on any atom is -0.224 e. The SMILES string of the molecule is CS(=O)(=O)c1cc(-c2cccc3ccccc23)sc1-c1cccc2ccccc12. The highest BCUT2D eigenvalue weighted by molar-refractivity contribution is 7.91. The monoisotopic (exact) mass is 414 g/mol. The molecule has 0 unspecified atom stereocenters. The standard InChI is InChI=1S/C25H18O2S2/c1-29(26,27)24-16-23(21-14-6-10-17-8-2-4-12-19(17)21)28-25(24)22-15-7-11-18-9-3-5-13-20(18)22/h2-16H,1H3. The molecule has 1 aromatic heterocycles. The van der Waals surface area contributed by atoms with Gasteiger partial charge in [0.15, 0.2) is 9.84 Å². The third-order valence-electron chi connectivity index (χ3n) is 5.19. The lowest BCUT2D eigenvalue weighted by atomic mass is 10.0. The Labute approximate surface area is 174 Å². The van der Waals surface area contributed by atoms with Gasteiger partial charge in [0.25, 0.3) is 0 Å². The van der Waals surface area contributed by atoms with Gasteiger partial charge in [0.05, 0.1) is 9.77 Å². The minimum atomic E-state index is -3.38. The van der Waals surface area contributed by atoms with Crippen molar-refractivity contribution in [3.05, 3.63) is 91.0 Å². The topological polar surface area (TPSA) is 34.1 Å². The maximum absolute atomic E-state index is 12.7. The van der Waals surface area contributed by atoms with E-state index >= 15 is 0 Å². The van der Waals surface area contributed by atoms with Crippen molar-refractivity contribution < 1.29 is 8.42 Å². The molecule has 29 heavy (non-hydrogen) atoms. The fourth-order valence-electron chi connectivity index (χ4n) is 3.83. The van der Waals surface area contributed by atoms with Crippen LogP contribution in [0.2, 0.25) is 0 Å². The second kappa shape index (κ2) is 6.83. The number of benzene rings is 4. The van der Waals surface area contributed by atoms with Gasteiger partial charge in [0.2, 0.25) is 0 Å². The Morgan fingerprint density at radius 1 is 0.655 bits per heavy atom. The van der Waals surface area contributed by atoms with Crippen LogP contribution in [0.25, 0.3) is 42.4 Å². The predicted molar refractivity (Wildman–Crippen MR) is 123 cm³/mol. The Balaban J connectivity index is 1.82. The highest BCUT2D eigenvalue weighted by Crippen LogP contribution is 2.44. The lowest BCUT2D eigenvalue weighted by Crippen LogP contribution is -1.96. The normalized spacial score (nSPS) is 11.9. The summed E-state index contributed by atoms with van der Waals surface area (Å²) < 4.78 is 25.4. The summed E-state index contributed by atoms with van der Waals surface area (Å²) >= 11 is 1.54. The lowest BCUT2D eigenvalue weighted by molar-refractivity contribution is 0.602. The summed E-state index contributed by atoms with van der Waals surface area (Å²) in [6.45, 7) is 0. The van der Waals surface area contributed by atoms with Crippen molar-refractivity contribution in [2.24, 2.45) is 0 Å². The van der Waals surface area contributed by atoms with E-state index in [0.29, 0.717) is 4.90 Å². The first-order chi connectivity index (χ1) is 14.0. The van der Waals surface area contributed by atoms with Crippen molar-refractivity contribution in [2.75, 3.05) is 6.26 Å². The van der Waals surface area contributed by atoms with Gasteiger partial charge in [0.1, 0.15) is 0 Å². The molecule has 4 aromatic carbocycles. The number of rotatable bonds is 3. The van der Waals surface area contributed by atoms with Crippen molar-refractivity contribution >= 4 is 42.7 Å². The minimum absolute atomic E-state index is 0.391. The summed E-state index contributed by atoms with van der Waals surface area (Å²) in [6, 6.07) is 30.3. The van der Waals surface area contributed by atoms with Gasteiger partial charge in [-0.1, -0.05) is 84.9 Å². The maximum Gasteiger partial charge on any atom is 0.176 e. The molecule has 1 heterocycles. The summed E-state index contributed by atoms with van der Waals surface area (Å²) in [4.78, 5) is 2.15. The first-order valence-electron chi connectivity index (χ1n) is 9.32. The Morgan fingerprint density at radius 3 is 1.79 bits per heavy atom. The molecule has 0 radical (unpaired) electrons. The predicted octanol–water partition coefficient (Wildman–Crippen LogP) is 6.79. The number of hydrogen-bond acceptors (Lipinski definition) is 3. The molecule has 2 nitrogen and oxygen atoms in total. The molecule has 0 saturated carbocycles. The van der Waals surface area contributed by atoms with Crippen LogP contribution >= 0.6 is 11.3 Å². The molecule has 4 heteroatoms. The second-order valence-electron chi connectivity index (χ2n) is 7.13. The molecule has 0 saturated heterocycles. The summed E-state index contributed by atoms with van der Waals surface area (Å²) in [5.41, 5.74) is 2.02. The number of sulfone groups is 1. The van der Waals surface area contributed by atoms with Crippen molar-refractivity contribution in [3.63, 3.8) is 0 Å². The molecular weight excluding hydrogens is 396 g/mol. The van der Waals surface area contributed by atoms with Crippen LogP contribution in [-0.4, -0.2) is 14.7 Å². The quantitative estimate of drug-likeness (QED) is 0.326. The summed E-state index contributed by atoms with van der Waals surface area (Å²) in [5.74, 6) is 0.